The number of anilines is 1. The quantitative estimate of drug-likeness (QED) is 0.159. The van der Waals surface area contributed by atoms with Crippen LogP contribution in [0.4, 0.5) is 5.69 Å². The first-order valence-corrected chi connectivity index (χ1v) is 11.6. The summed E-state index contributed by atoms with van der Waals surface area (Å²) in [6.45, 7) is 2.79. The normalized spacial score (nSPS) is 16.2. The van der Waals surface area contributed by atoms with Crippen LogP contribution in [0.25, 0.3) is 0 Å². The summed E-state index contributed by atoms with van der Waals surface area (Å²) in [5.74, 6) is 3.53. The third-order valence-corrected chi connectivity index (χ3v) is 6.76. The molecule has 30 heavy (non-hydrogen) atoms. The minimum absolute atomic E-state index is 0. The lowest BCUT2D eigenvalue weighted by Gasteiger charge is -2.21. The van der Waals surface area contributed by atoms with E-state index in [-0.39, 0.29) is 24.0 Å². The number of nitrogens with one attached hydrogen (secondary N) is 2. The number of ether oxygens (including phenoxy) is 2. The molecule has 0 spiro atoms. The highest BCUT2D eigenvalue weighted by Gasteiger charge is 2.24. The van der Waals surface area contributed by atoms with Crippen LogP contribution in [-0.2, 0) is 0 Å². The van der Waals surface area contributed by atoms with E-state index in [1.807, 2.05) is 24.7 Å². The number of hydrogen-bond acceptors (Lipinski definition) is 7. The van der Waals surface area contributed by atoms with Crippen LogP contribution in [0.3, 0.4) is 0 Å². The predicted molar refractivity (Wildman–Crippen MR) is 138 cm³/mol. The van der Waals surface area contributed by atoms with Gasteiger partial charge in [-0.15, -0.1) is 35.3 Å². The van der Waals surface area contributed by atoms with Gasteiger partial charge < -0.3 is 25.0 Å². The van der Waals surface area contributed by atoms with Crippen LogP contribution >= 0.6 is 47.1 Å². The van der Waals surface area contributed by atoms with Gasteiger partial charge in [0.1, 0.15) is 15.8 Å². The molecular formula is C20H30IN5O2S2. The Kier molecular flexibility index (Phi) is 10.9. The Labute approximate surface area is 204 Å². The van der Waals surface area contributed by atoms with Gasteiger partial charge in [-0.25, -0.2) is 4.98 Å². The lowest BCUT2D eigenvalue weighted by Crippen LogP contribution is -2.44. The summed E-state index contributed by atoms with van der Waals surface area (Å²) in [6.07, 6.45) is 3.97. The number of thioether (sulfide) groups is 1. The zero-order chi connectivity index (χ0) is 20.5. The van der Waals surface area contributed by atoms with Crippen molar-refractivity contribution in [2.45, 2.75) is 23.2 Å². The lowest BCUT2D eigenvalue weighted by atomic mass is 10.2. The monoisotopic (exact) mass is 563 g/mol. The minimum atomic E-state index is 0. The molecule has 166 valence electrons. The average Bonchev–Trinajstić information content (AvgIpc) is 3.44. The van der Waals surface area contributed by atoms with Crippen LogP contribution in [0.2, 0.25) is 0 Å². The first-order valence-electron chi connectivity index (χ1n) is 9.69. The minimum Gasteiger partial charge on any atom is -0.497 e. The van der Waals surface area contributed by atoms with Crippen molar-refractivity contribution in [1.29, 1.82) is 0 Å². The van der Waals surface area contributed by atoms with E-state index in [2.05, 4.69) is 37.6 Å². The number of rotatable bonds is 9. The summed E-state index contributed by atoms with van der Waals surface area (Å²) < 4.78 is 11.9. The van der Waals surface area contributed by atoms with E-state index in [9.17, 15) is 0 Å². The van der Waals surface area contributed by atoms with E-state index in [1.54, 1.807) is 37.3 Å². The average molecular weight is 564 g/mol. The van der Waals surface area contributed by atoms with Gasteiger partial charge in [-0.2, -0.15) is 0 Å². The van der Waals surface area contributed by atoms with E-state index in [0.29, 0.717) is 6.04 Å². The molecule has 1 fully saturated rings. The Morgan fingerprint density at radius 3 is 2.70 bits per heavy atom. The number of guanidine groups is 1. The largest absolute Gasteiger partial charge is 0.497 e. The van der Waals surface area contributed by atoms with Crippen molar-refractivity contribution in [2.75, 3.05) is 51.6 Å². The van der Waals surface area contributed by atoms with Gasteiger partial charge in [-0.3, -0.25) is 4.99 Å². The molecule has 2 N–H and O–H groups in total. The van der Waals surface area contributed by atoms with Crippen molar-refractivity contribution in [1.82, 2.24) is 15.6 Å². The summed E-state index contributed by atoms with van der Waals surface area (Å²) in [7, 11) is 5.18. The molecule has 1 unspecified atom stereocenters. The standard InChI is InChI=1S/C20H29N5O2S2.HI/c1-21-19(22-6-4-9-28-20-23-7-10-29-20)24-15-5-8-25(14-15)16-11-17(26-2)13-18(12-16)27-3;/h7,10-13,15H,4-6,8-9,14H2,1-3H3,(H2,21,22,24);1H. The third-order valence-electron chi connectivity index (χ3n) is 4.70. The summed E-state index contributed by atoms with van der Waals surface area (Å²) >= 11 is 3.49. The van der Waals surface area contributed by atoms with E-state index >= 15 is 0 Å². The number of aliphatic imine (C=N–C) groups is 1. The van der Waals surface area contributed by atoms with E-state index in [0.717, 1.165) is 65.7 Å². The van der Waals surface area contributed by atoms with Crippen molar-refractivity contribution < 1.29 is 9.47 Å². The van der Waals surface area contributed by atoms with Gasteiger partial charge in [0.2, 0.25) is 0 Å². The second kappa shape index (κ2) is 13.1. The van der Waals surface area contributed by atoms with Crippen LogP contribution in [0.5, 0.6) is 11.5 Å². The van der Waals surface area contributed by atoms with Gasteiger partial charge in [0.15, 0.2) is 5.96 Å². The molecule has 0 aliphatic carbocycles. The smallest absolute Gasteiger partial charge is 0.191 e. The third kappa shape index (κ3) is 7.38. The maximum Gasteiger partial charge on any atom is 0.191 e. The maximum atomic E-state index is 5.40. The van der Waals surface area contributed by atoms with Crippen molar-refractivity contribution in [3.8, 4) is 11.5 Å². The molecule has 1 aromatic heterocycles. The molecule has 0 bridgehead atoms. The molecule has 1 atom stereocenters. The summed E-state index contributed by atoms with van der Waals surface area (Å²) in [4.78, 5) is 11.0. The highest BCUT2D eigenvalue weighted by atomic mass is 127. The molecule has 0 radical (unpaired) electrons. The maximum absolute atomic E-state index is 5.40. The molecule has 2 heterocycles. The Hall–Kier alpha value is -1.40. The molecule has 0 amide bonds. The second-order valence-corrected chi connectivity index (χ2v) is 8.88. The van der Waals surface area contributed by atoms with Crippen LogP contribution in [0, 0.1) is 0 Å². The fraction of sp³-hybridized carbons (Fsp3) is 0.500. The van der Waals surface area contributed by atoms with Crippen molar-refractivity contribution in [3.05, 3.63) is 29.8 Å². The Morgan fingerprint density at radius 2 is 2.07 bits per heavy atom. The first-order chi connectivity index (χ1) is 14.2. The van der Waals surface area contributed by atoms with E-state index < -0.39 is 0 Å². The van der Waals surface area contributed by atoms with Crippen LogP contribution < -0.4 is 25.0 Å². The molecule has 1 aromatic carbocycles. The van der Waals surface area contributed by atoms with Gasteiger partial charge in [0, 0.05) is 73.9 Å². The summed E-state index contributed by atoms with van der Waals surface area (Å²) in [5, 5.41) is 8.97. The van der Waals surface area contributed by atoms with Crippen molar-refractivity contribution in [2.24, 2.45) is 4.99 Å². The summed E-state index contributed by atoms with van der Waals surface area (Å²) in [6, 6.07) is 6.35. The molecule has 0 saturated carbocycles. The number of aromatic nitrogens is 1. The second-order valence-electron chi connectivity index (χ2n) is 6.65. The van der Waals surface area contributed by atoms with Crippen molar-refractivity contribution in [3.63, 3.8) is 0 Å². The number of nitrogens with zero attached hydrogens (tertiary/aromatic N) is 3. The van der Waals surface area contributed by atoms with Crippen LogP contribution in [0.1, 0.15) is 12.8 Å². The molecule has 2 aromatic rings. The van der Waals surface area contributed by atoms with Crippen LogP contribution in [-0.4, -0.2) is 63.6 Å². The number of thiazole rings is 1. The van der Waals surface area contributed by atoms with Gasteiger partial charge in [0.05, 0.1) is 14.2 Å². The van der Waals surface area contributed by atoms with Crippen LogP contribution in [0.15, 0.2) is 39.1 Å². The first kappa shape index (κ1) is 24.9. The molecule has 1 aliphatic heterocycles. The van der Waals surface area contributed by atoms with Gasteiger partial charge >= 0.3 is 0 Å². The fourth-order valence-electron chi connectivity index (χ4n) is 3.20. The Balaban J connectivity index is 0.00000320. The topological polar surface area (TPSA) is 71.0 Å². The van der Waals surface area contributed by atoms with Gasteiger partial charge in [-0.1, -0.05) is 11.8 Å². The molecule has 7 nitrogen and oxygen atoms in total. The van der Waals surface area contributed by atoms with Gasteiger partial charge in [0.25, 0.3) is 0 Å². The SMILES string of the molecule is CN=C(NCCCSc1nccs1)NC1CCN(c2cc(OC)cc(OC)c2)C1.I. The predicted octanol–water partition coefficient (Wildman–Crippen LogP) is 3.70. The molecular weight excluding hydrogens is 533 g/mol. The molecule has 1 saturated heterocycles. The molecule has 1 aliphatic rings. The van der Waals surface area contributed by atoms with E-state index in [4.69, 9.17) is 9.47 Å². The Morgan fingerprint density at radius 1 is 1.30 bits per heavy atom. The highest BCUT2D eigenvalue weighted by Crippen LogP contribution is 2.30. The van der Waals surface area contributed by atoms with Gasteiger partial charge in [-0.05, 0) is 12.8 Å². The molecule has 3 rings (SSSR count). The lowest BCUT2D eigenvalue weighted by molar-refractivity contribution is 0.394. The summed E-state index contributed by atoms with van der Waals surface area (Å²) in [5.41, 5.74) is 1.12. The number of methoxy groups -OCH3 is 2. The van der Waals surface area contributed by atoms with Crippen molar-refractivity contribution >= 4 is 58.7 Å². The van der Waals surface area contributed by atoms with E-state index in [1.165, 1.54) is 0 Å². The molecule has 10 heteroatoms. The number of halogens is 1. The zero-order valence-electron chi connectivity index (χ0n) is 17.6. The zero-order valence-corrected chi connectivity index (χ0v) is 21.6. The number of hydrogen-bond donors (Lipinski definition) is 2. The fourth-order valence-corrected chi connectivity index (χ4v) is 4.84. The number of benzene rings is 1. The highest BCUT2D eigenvalue weighted by molar-refractivity contribution is 14.0. The Bertz CT molecular complexity index is 769.